The van der Waals surface area contributed by atoms with Gasteiger partial charge in [-0.1, -0.05) is 36.5 Å². The average molecular weight is 437 g/mol. The highest BCUT2D eigenvalue weighted by atomic mass is 32.2. The Bertz CT molecular complexity index is 1310. The summed E-state index contributed by atoms with van der Waals surface area (Å²) in [5, 5.41) is 0.468. The molecule has 0 spiro atoms. The number of pyridine rings is 2. The van der Waals surface area contributed by atoms with Gasteiger partial charge in [0.25, 0.3) is 0 Å². The third kappa shape index (κ3) is 3.96. The van der Waals surface area contributed by atoms with E-state index in [0.29, 0.717) is 10.0 Å². The lowest BCUT2D eigenvalue weighted by molar-refractivity contribution is 0.597. The molecule has 0 saturated carbocycles. The van der Waals surface area contributed by atoms with Crippen LogP contribution in [0.15, 0.2) is 65.7 Å². The Labute approximate surface area is 179 Å². The Kier molecular flexibility index (Phi) is 5.36. The summed E-state index contributed by atoms with van der Waals surface area (Å²) in [7, 11) is -3.24. The van der Waals surface area contributed by atoms with E-state index in [2.05, 4.69) is 15.0 Å². The van der Waals surface area contributed by atoms with Gasteiger partial charge in [-0.05, 0) is 43.3 Å². The second kappa shape index (κ2) is 7.97. The van der Waals surface area contributed by atoms with Crippen LogP contribution >= 0.6 is 11.3 Å². The fraction of sp³-hybridized carbons (Fsp3) is 0.136. The second-order valence-electron chi connectivity index (χ2n) is 6.75. The van der Waals surface area contributed by atoms with Gasteiger partial charge in [0.05, 0.1) is 32.6 Å². The first-order valence-electron chi connectivity index (χ1n) is 9.37. The van der Waals surface area contributed by atoms with Crippen LogP contribution < -0.4 is 5.73 Å². The molecule has 2 N–H and O–H groups in total. The number of aryl methyl sites for hydroxylation is 1. The van der Waals surface area contributed by atoms with Crippen LogP contribution in [0.2, 0.25) is 0 Å². The number of anilines is 1. The van der Waals surface area contributed by atoms with Crippen LogP contribution in [-0.2, 0) is 9.84 Å². The molecule has 0 fully saturated rings. The molecule has 0 amide bonds. The van der Waals surface area contributed by atoms with E-state index in [1.807, 2.05) is 37.3 Å². The molecular formula is C22H20N4O2S2. The number of hydrogen-bond acceptors (Lipinski definition) is 7. The molecular weight excluding hydrogens is 416 g/mol. The van der Waals surface area contributed by atoms with Crippen molar-refractivity contribution in [3.8, 4) is 33.1 Å². The molecule has 152 valence electrons. The number of benzene rings is 1. The summed E-state index contributed by atoms with van der Waals surface area (Å²) in [5.74, 6) is 0.0705. The minimum atomic E-state index is -3.24. The highest BCUT2D eigenvalue weighted by Crippen LogP contribution is 2.38. The maximum absolute atomic E-state index is 12.0. The molecule has 0 aliphatic carbocycles. The third-order valence-electron chi connectivity index (χ3n) is 4.69. The molecule has 0 saturated heterocycles. The van der Waals surface area contributed by atoms with Crippen molar-refractivity contribution in [1.29, 1.82) is 0 Å². The maximum atomic E-state index is 12.0. The summed E-state index contributed by atoms with van der Waals surface area (Å²) in [5.41, 5.74) is 10.9. The highest BCUT2D eigenvalue weighted by Gasteiger charge is 2.16. The van der Waals surface area contributed by atoms with Gasteiger partial charge in [0.2, 0.25) is 0 Å². The summed E-state index contributed by atoms with van der Waals surface area (Å²) in [6.45, 7) is 3.58. The van der Waals surface area contributed by atoms with E-state index in [9.17, 15) is 8.42 Å². The van der Waals surface area contributed by atoms with E-state index < -0.39 is 9.84 Å². The van der Waals surface area contributed by atoms with Gasteiger partial charge in [0, 0.05) is 23.0 Å². The zero-order valence-corrected chi connectivity index (χ0v) is 18.2. The van der Waals surface area contributed by atoms with Gasteiger partial charge in [-0.15, -0.1) is 0 Å². The molecule has 0 bridgehead atoms. The zero-order valence-electron chi connectivity index (χ0n) is 16.5. The first-order valence-corrected chi connectivity index (χ1v) is 11.8. The van der Waals surface area contributed by atoms with Crippen molar-refractivity contribution in [3.63, 3.8) is 0 Å². The molecule has 3 heterocycles. The molecule has 0 aliphatic rings. The summed E-state index contributed by atoms with van der Waals surface area (Å²) in [6, 6.07) is 16.4. The Morgan fingerprint density at radius 3 is 2.43 bits per heavy atom. The first kappa shape index (κ1) is 20.2. The van der Waals surface area contributed by atoms with E-state index >= 15 is 0 Å². The molecule has 0 radical (unpaired) electrons. The van der Waals surface area contributed by atoms with E-state index in [4.69, 9.17) is 5.73 Å². The van der Waals surface area contributed by atoms with Crippen LogP contribution in [0.1, 0.15) is 12.6 Å². The number of hydrogen-bond donors (Lipinski definition) is 1. The zero-order chi connectivity index (χ0) is 21.3. The Balaban J connectivity index is 1.75. The number of thiazole rings is 1. The number of nitrogen functional groups attached to an aromatic ring is 1. The van der Waals surface area contributed by atoms with E-state index in [0.717, 1.165) is 38.8 Å². The maximum Gasteiger partial charge on any atom is 0.181 e. The van der Waals surface area contributed by atoms with E-state index in [1.165, 1.54) is 11.3 Å². The van der Waals surface area contributed by atoms with Crippen LogP contribution in [0.25, 0.3) is 33.1 Å². The number of nitrogens with two attached hydrogens (primary N) is 1. The topological polar surface area (TPSA) is 98.8 Å². The normalized spacial score (nSPS) is 11.5. The predicted octanol–water partition coefficient (Wildman–Crippen LogP) is 4.62. The third-order valence-corrected chi connectivity index (χ3v) is 7.34. The summed E-state index contributed by atoms with van der Waals surface area (Å²) in [6.07, 6.45) is 1.71. The lowest BCUT2D eigenvalue weighted by atomic mass is 10.1. The van der Waals surface area contributed by atoms with Crippen molar-refractivity contribution in [1.82, 2.24) is 15.0 Å². The fourth-order valence-corrected chi connectivity index (χ4v) is 4.82. The lowest BCUT2D eigenvalue weighted by Crippen LogP contribution is -2.03. The van der Waals surface area contributed by atoms with Crippen molar-refractivity contribution in [2.45, 2.75) is 18.7 Å². The van der Waals surface area contributed by atoms with E-state index in [-0.39, 0.29) is 5.75 Å². The quantitative estimate of drug-likeness (QED) is 0.490. The van der Waals surface area contributed by atoms with E-state index in [1.54, 1.807) is 37.4 Å². The van der Waals surface area contributed by atoms with Gasteiger partial charge < -0.3 is 5.73 Å². The number of aromatic nitrogens is 3. The van der Waals surface area contributed by atoms with Crippen molar-refractivity contribution in [2.24, 2.45) is 0 Å². The van der Waals surface area contributed by atoms with Crippen LogP contribution in [0.5, 0.6) is 0 Å². The minimum absolute atomic E-state index is 0.0705. The van der Waals surface area contributed by atoms with Gasteiger partial charge in [-0.2, -0.15) is 0 Å². The molecule has 0 aliphatic heterocycles. The molecule has 6 nitrogen and oxygen atoms in total. The molecule has 4 aromatic rings. The molecule has 1 aromatic carbocycles. The van der Waals surface area contributed by atoms with Crippen molar-refractivity contribution in [3.05, 3.63) is 66.5 Å². The summed E-state index contributed by atoms with van der Waals surface area (Å²) < 4.78 is 24.1. The van der Waals surface area contributed by atoms with Gasteiger partial charge in [-0.3, -0.25) is 9.97 Å². The average Bonchev–Trinajstić information content (AvgIpc) is 3.16. The largest absolute Gasteiger partial charge is 0.375 e. The van der Waals surface area contributed by atoms with Crippen molar-refractivity contribution < 1.29 is 8.42 Å². The molecule has 8 heteroatoms. The summed E-state index contributed by atoms with van der Waals surface area (Å²) in [4.78, 5) is 14.8. The minimum Gasteiger partial charge on any atom is -0.375 e. The number of rotatable bonds is 5. The summed E-state index contributed by atoms with van der Waals surface area (Å²) >= 11 is 1.40. The van der Waals surface area contributed by atoms with Crippen LogP contribution in [-0.4, -0.2) is 29.1 Å². The van der Waals surface area contributed by atoms with Crippen LogP contribution in [0.4, 0.5) is 5.13 Å². The molecule has 0 unspecified atom stereocenters. The van der Waals surface area contributed by atoms with Crippen molar-refractivity contribution in [2.75, 3.05) is 11.5 Å². The predicted molar refractivity (Wildman–Crippen MR) is 121 cm³/mol. The van der Waals surface area contributed by atoms with Crippen LogP contribution in [0, 0.1) is 6.92 Å². The molecule has 30 heavy (non-hydrogen) atoms. The Hall–Kier alpha value is -3.10. The highest BCUT2D eigenvalue weighted by molar-refractivity contribution is 7.91. The SMILES string of the molecule is CCS(=O)(=O)c1ccc(-c2cc(-c3nc(N)sc3-c3cccc(C)n3)ccn2)cc1. The lowest BCUT2D eigenvalue weighted by Gasteiger charge is -2.07. The van der Waals surface area contributed by atoms with Crippen molar-refractivity contribution >= 4 is 26.3 Å². The number of nitrogens with zero attached hydrogens (tertiary/aromatic N) is 3. The molecule has 4 rings (SSSR count). The standard InChI is InChI=1S/C22H20N4O2S2/c1-3-30(27,28)17-9-7-15(8-10-17)19-13-16(11-12-24-19)20-21(29-22(23)26-20)18-6-4-5-14(2)25-18/h4-13H,3H2,1-2H3,(H2,23,26). The van der Waals surface area contributed by atoms with Crippen LogP contribution in [0.3, 0.4) is 0 Å². The first-order chi connectivity index (χ1) is 14.4. The Morgan fingerprint density at radius 1 is 0.967 bits per heavy atom. The monoisotopic (exact) mass is 436 g/mol. The van der Waals surface area contributed by atoms with Gasteiger partial charge in [-0.25, -0.2) is 13.4 Å². The Morgan fingerprint density at radius 2 is 1.73 bits per heavy atom. The van der Waals surface area contributed by atoms with Gasteiger partial charge >= 0.3 is 0 Å². The fourth-order valence-electron chi connectivity index (χ4n) is 3.11. The molecule has 0 atom stereocenters. The van der Waals surface area contributed by atoms with Gasteiger partial charge in [0.15, 0.2) is 15.0 Å². The second-order valence-corrected chi connectivity index (χ2v) is 10.1. The number of sulfone groups is 1. The molecule has 3 aromatic heterocycles. The smallest absolute Gasteiger partial charge is 0.181 e. The van der Waals surface area contributed by atoms with Gasteiger partial charge in [0.1, 0.15) is 0 Å².